The van der Waals surface area contributed by atoms with Gasteiger partial charge in [0.1, 0.15) is 9.84 Å². The van der Waals surface area contributed by atoms with Gasteiger partial charge in [-0.05, 0) is 53.4 Å². The predicted octanol–water partition coefficient (Wildman–Crippen LogP) is 3.09. The summed E-state index contributed by atoms with van der Waals surface area (Å²) in [4.78, 5) is 0. The Kier molecular flexibility index (Phi) is 4.71. The van der Waals surface area contributed by atoms with Crippen LogP contribution in [0.1, 0.15) is 31.2 Å². The van der Waals surface area contributed by atoms with Gasteiger partial charge in [0.2, 0.25) is 0 Å². The van der Waals surface area contributed by atoms with Gasteiger partial charge in [-0.2, -0.15) is 5.26 Å². The molecule has 0 radical (unpaired) electrons. The van der Waals surface area contributed by atoms with E-state index in [1.807, 2.05) is 6.07 Å². The molecular formula is C14H17BrN2O2S. The molecule has 0 saturated heterocycles. The molecule has 1 aromatic rings. The molecule has 1 N–H and O–H groups in total. The lowest BCUT2D eigenvalue weighted by atomic mass is 9.94. The topological polar surface area (TPSA) is 70.0 Å². The Balaban J connectivity index is 2.09. The second kappa shape index (κ2) is 6.15. The highest BCUT2D eigenvalue weighted by atomic mass is 79.9. The first-order valence-electron chi connectivity index (χ1n) is 6.55. The predicted molar refractivity (Wildman–Crippen MR) is 83.4 cm³/mol. The number of sulfone groups is 1. The number of nitrogens with one attached hydrogen (secondary N) is 1. The number of hydrogen-bond acceptors (Lipinski definition) is 4. The van der Waals surface area contributed by atoms with E-state index in [4.69, 9.17) is 5.26 Å². The molecule has 0 aromatic heterocycles. The van der Waals surface area contributed by atoms with Crippen molar-refractivity contribution in [3.05, 3.63) is 28.2 Å². The van der Waals surface area contributed by atoms with E-state index in [1.165, 1.54) is 6.26 Å². The molecule has 108 valence electrons. The molecule has 1 fully saturated rings. The minimum Gasteiger partial charge on any atom is -0.381 e. The van der Waals surface area contributed by atoms with E-state index in [2.05, 4.69) is 27.3 Å². The van der Waals surface area contributed by atoms with Crippen LogP contribution in [0, 0.1) is 11.3 Å². The molecule has 2 unspecified atom stereocenters. The summed E-state index contributed by atoms with van der Waals surface area (Å²) in [5, 5.41) is 12.0. The zero-order chi connectivity index (χ0) is 14.8. The average Bonchev–Trinajstić information content (AvgIpc) is 2.40. The number of rotatable bonds is 3. The van der Waals surface area contributed by atoms with Gasteiger partial charge in [0.15, 0.2) is 0 Å². The molecular weight excluding hydrogens is 340 g/mol. The van der Waals surface area contributed by atoms with Crippen molar-refractivity contribution in [2.75, 3.05) is 11.6 Å². The van der Waals surface area contributed by atoms with Gasteiger partial charge in [-0.1, -0.05) is 6.42 Å². The summed E-state index contributed by atoms with van der Waals surface area (Å²) in [6.45, 7) is 0. The molecule has 6 heteroatoms. The fourth-order valence-electron chi connectivity index (χ4n) is 2.59. The Morgan fingerprint density at radius 1 is 1.40 bits per heavy atom. The number of hydrogen-bond donors (Lipinski definition) is 1. The molecule has 0 aliphatic heterocycles. The van der Waals surface area contributed by atoms with E-state index >= 15 is 0 Å². The van der Waals surface area contributed by atoms with Crippen molar-refractivity contribution in [1.29, 1.82) is 5.26 Å². The first-order valence-corrected chi connectivity index (χ1v) is 9.30. The normalized spacial score (nSPS) is 23.1. The Hall–Kier alpha value is -1.06. The van der Waals surface area contributed by atoms with E-state index in [9.17, 15) is 8.42 Å². The number of nitriles is 1. The second-order valence-electron chi connectivity index (χ2n) is 5.27. The highest BCUT2D eigenvalue weighted by Crippen LogP contribution is 2.29. The maximum atomic E-state index is 11.7. The molecule has 20 heavy (non-hydrogen) atoms. The third kappa shape index (κ3) is 3.74. The van der Waals surface area contributed by atoms with E-state index < -0.39 is 9.84 Å². The van der Waals surface area contributed by atoms with Crippen LogP contribution in [0.5, 0.6) is 0 Å². The summed E-state index contributed by atoms with van der Waals surface area (Å²) in [7, 11) is -2.97. The van der Waals surface area contributed by atoms with Crippen LogP contribution >= 0.6 is 15.9 Å². The fraction of sp³-hybridized carbons (Fsp3) is 0.500. The minimum absolute atomic E-state index is 0.160. The molecule has 4 nitrogen and oxygen atoms in total. The molecule has 0 bridgehead atoms. The fourth-order valence-corrected chi connectivity index (χ4v) is 4.26. The summed E-state index contributed by atoms with van der Waals surface area (Å²) in [6, 6.07) is 7.62. The van der Waals surface area contributed by atoms with Gasteiger partial charge < -0.3 is 5.32 Å². The van der Waals surface area contributed by atoms with Crippen LogP contribution in [-0.4, -0.2) is 26.0 Å². The van der Waals surface area contributed by atoms with Crippen molar-refractivity contribution >= 4 is 31.5 Å². The maximum absolute atomic E-state index is 11.7. The second-order valence-corrected chi connectivity index (χ2v) is 8.45. The summed E-state index contributed by atoms with van der Waals surface area (Å²) in [6.07, 6.45) is 4.61. The van der Waals surface area contributed by atoms with E-state index in [-0.39, 0.29) is 11.3 Å². The highest BCUT2D eigenvalue weighted by molar-refractivity contribution is 9.10. The lowest BCUT2D eigenvalue weighted by molar-refractivity contribution is 0.453. The number of anilines is 1. The van der Waals surface area contributed by atoms with Gasteiger partial charge >= 0.3 is 0 Å². The third-order valence-electron chi connectivity index (χ3n) is 3.69. The monoisotopic (exact) mass is 356 g/mol. The number of halogens is 1. The first-order chi connectivity index (χ1) is 9.40. The third-order valence-corrected chi connectivity index (χ3v) is 5.98. The number of nitrogens with zero attached hydrogens (tertiary/aromatic N) is 1. The van der Waals surface area contributed by atoms with Crippen molar-refractivity contribution in [1.82, 2.24) is 0 Å². The van der Waals surface area contributed by atoms with E-state index in [0.717, 1.165) is 29.4 Å². The lowest BCUT2D eigenvalue weighted by Gasteiger charge is -2.29. The van der Waals surface area contributed by atoms with Crippen LogP contribution in [0.4, 0.5) is 5.69 Å². The SMILES string of the molecule is CS(=O)(=O)C1CCCC(Nc2ccc(C#N)cc2Br)C1. The lowest BCUT2D eigenvalue weighted by Crippen LogP contribution is -2.34. The quantitative estimate of drug-likeness (QED) is 0.903. The van der Waals surface area contributed by atoms with Crippen molar-refractivity contribution < 1.29 is 8.42 Å². The summed E-state index contributed by atoms with van der Waals surface area (Å²) in [5.74, 6) is 0. The Labute approximate surface area is 128 Å². The van der Waals surface area contributed by atoms with Crippen LogP contribution in [0.25, 0.3) is 0 Å². The Morgan fingerprint density at radius 2 is 2.15 bits per heavy atom. The van der Waals surface area contributed by atoms with Gasteiger partial charge in [-0.3, -0.25) is 0 Å². The largest absolute Gasteiger partial charge is 0.381 e. The average molecular weight is 357 g/mol. The summed E-state index contributed by atoms with van der Waals surface area (Å²) in [5.41, 5.74) is 1.50. The molecule has 1 aromatic carbocycles. The van der Waals surface area contributed by atoms with Gasteiger partial charge in [0.05, 0.1) is 16.9 Å². The zero-order valence-electron chi connectivity index (χ0n) is 11.3. The van der Waals surface area contributed by atoms with Gasteiger partial charge in [-0.15, -0.1) is 0 Å². The highest BCUT2D eigenvalue weighted by Gasteiger charge is 2.28. The van der Waals surface area contributed by atoms with Crippen LogP contribution in [-0.2, 0) is 9.84 Å². The Morgan fingerprint density at radius 3 is 2.75 bits per heavy atom. The standard InChI is InChI=1S/C14H17BrN2O2S/c1-20(18,19)12-4-2-3-11(8-12)17-14-6-5-10(9-16)7-13(14)15/h5-7,11-12,17H,2-4,8H2,1H3. The molecule has 2 atom stereocenters. The van der Waals surface area contributed by atoms with Crippen LogP contribution in [0.2, 0.25) is 0 Å². The van der Waals surface area contributed by atoms with Crippen LogP contribution in [0.15, 0.2) is 22.7 Å². The molecule has 0 heterocycles. The molecule has 2 rings (SSSR count). The van der Waals surface area contributed by atoms with Crippen LogP contribution < -0.4 is 5.32 Å². The smallest absolute Gasteiger partial charge is 0.150 e. The molecule has 1 aliphatic carbocycles. The van der Waals surface area contributed by atoms with Crippen molar-refractivity contribution in [2.45, 2.75) is 37.0 Å². The number of benzene rings is 1. The van der Waals surface area contributed by atoms with E-state index in [0.29, 0.717) is 12.0 Å². The maximum Gasteiger partial charge on any atom is 0.150 e. The minimum atomic E-state index is -2.97. The van der Waals surface area contributed by atoms with Gasteiger partial charge in [0, 0.05) is 22.5 Å². The summed E-state index contributed by atoms with van der Waals surface area (Å²) >= 11 is 3.44. The van der Waals surface area contributed by atoms with Gasteiger partial charge in [0.25, 0.3) is 0 Å². The molecule has 1 aliphatic rings. The molecule has 1 saturated carbocycles. The molecule has 0 amide bonds. The van der Waals surface area contributed by atoms with Gasteiger partial charge in [-0.25, -0.2) is 8.42 Å². The van der Waals surface area contributed by atoms with Crippen molar-refractivity contribution in [3.8, 4) is 6.07 Å². The van der Waals surface area contributed by atoms with Crippen molar-refractivity contribution in [3.63, 3.8) is 0 Å². The van der Waals surface area contributed by atoms with Crippen LogP contribution in [0.3, 0.4) is 0 Å². The van der Waals surface area contributed by atoms with E-state index in [1.54, 1.807) is 12.1 Å². The summed E-state index contributed by atoms with van der Waals surface area (Å²) < 4.78 is 24.2. The van der Waals surface area contributed by atoms with Crippen molar-refractivity contribution in [2.24, 2.45) is 0 Å². The molecule has 0 spiro atoms. The first kappa shape index (κ1) is 15.3. The zero-order valence-corrected chi connectivity index (χ0v) is 13.7. The Bertz CT molecular complexity index is 637.